The Labute approximate surface area is 108 Å². The highest BCUT2D eigenvalue weighted by Gasteiger charge is 2.24. The van der Waals surface area contributed by atoms with Crippen molar-refractivity contribution in [3.8, 4) is 0 Å². The van der Waals surface area contributed by atoms with Gasteiger partial charge in [0.2, 0.25) is 0 Å². The first-order valence-electron chi connectivity index (χ1n) is 6.58. The second kappa shape index (κ2) is 6.25. The number of thioether (sulfide) groups is 1. The first-order chi connectivity index (χ1) is 8.31. The molecule has 1 aromatic rings. The monoisotopic (exact) mass is 248 g/mol. The van der Waals surface area contributed by atoms with Gasteiger partial charge in [-0.1, -0.05) is 38.0 Å². The lowest BCUT2D eigenvalue weighted by Crippen LogP contribution is -2.21. The van der Waals surface area contributed by atoms with Crippen LogP contribution in [0.25, 0.3) is 0 Å². The molecule has 0 saturated carbocycles. The average molecular weight is 248 g/mol. The number of unbranched alkanes of at least 4 members (excludes halogenated alkanes) is 2. The minimum absolute atomic E-state index is 0.210. The van der Waals surface area contributed by atoms with Gasteiger partial charge < -0.3 is 0 Å². The van der Waals surface area contributed by atoms with Crippen LogP contribution in [0.2, 0.25) is 0 Å². The van der Waals surface area contributed by atoms with E-state index in [1.165, 1.54) is 23.3 Å². The number of hydrogen-bond acceptors (Lipinski definition) is 2. The molecule has 17 heavy (non-hydrogen) atoms. The van der Waals surface area contributed by atoms with Crippen molar-refractivity contribution in [3.05, 3.63) is 29.8 Å². The topological polar surface area (TPSA) is 17.1 Å². The number of aryl methyl sites for hydroxylation is 1. The number of ketones is 1. The van der Waals surface area contributed by atoms with Crippen molar-refractivity contribution >= 4 is 17.5 Å². The van der Waals surface area contributed by atoms with Gasteiger partial charge in [0.25, 0.3) is 0 Å². The van der Waals surface area contributed by atoms with Crippen molar-refractivity contribution in [2.75, 3.05) is 0 Å². The maximum atomic E-state index is 12.1. The molecule has 1 aromatic carbocycles. The Balaban J connectivity index is 1.91. The average Bonchev–Trinajstić information content (AvgIpc) is 2.38. The normalized spacial score (nSPS) is 18.8. The minimum atomic E-state index is 0.210. The maximum Gasteiger partial charge on any atom is 0.146 e. The van der Waals surface area contributed by atoms with Gasteiger partial charge in [0.15, 0.2) is 0 Å². The molecule has 0 aliphatic carbocycles. The highest BCUT2D eigenvalue weighted by Crippen LogP contribution is 2.36. The fourth-order valence-electron chi connectivity index (χ4n) is 2.26. The summed E-state index contributed by atoms with van der Waals surface area (Å²) in [7, 11) is 0. The van der Waals surface area contributed by atoms with Gasteiger partial charge in [0.1, 0.15) is 5.78 Å². The third-order valence-electron chi connectivity index (χ3n) is 3.30. The number of hydrogen-bond donors (Lipinski definition) is 0. The van der Waals surface area contributed by atoms with Crippen LogP contribution in [0, 0.1) is 0 Å². The number of rotatable bonds is 5. The van der Waals surface area contributed by atoms with Gasteiger partial charge in [-0.2, -0.15) is 0 Å². The van der Waals surface area contributed by atoms with E-state index >= 15 is 0 Å². The van der Waals surface area contributed by atoms with E-state index in [1.807, 2.05) is 0 Å². The molecule has 0 spiro atoms. The molecular formula is C15H20OS. The summed E-state index contributed by atoms with van der Waals surface area (Å²) < 4.78 is 0. The van der Waals surface area contributed by atoms with Crippen molar-refractivity contribution in [2.24, 2.45) is 0 Å². The predicted octanol–water partition coefficient (Wildman–Crippen LogP) is 4.24. The van der Waals surface area contributed by atoms with Crippen LogP contribution in [0.5, 0.6) is 0 Å². The van der Waals surface area contributed by atoms with Gasteiger partial charge in [-0.15, -0.1) is 11.8 Å². The molecule has 0 saturated heterocycles. The van der Waals surface area contributed by atoms with Crippen molar-refractivity contribution < 1.29 is 4.79 Å². The van der Waals surface area contributed by atoms with Crippen molar-refractivity contribution in [1.29, 1.82) is 0 Å². The first-order valence-corrected chi connectivity index (χ1v) is 7.46. The molecule has 1 heterocycles. The lowest BCUT2D eigenvalue weighted by Gasteiger charge is -2.22. The predicted molar refractivity (Wildman–Crippen MR) is 73.6 cm³/mol. The fraction of sp³-hybridized carbons (Fsp3) is 0.533. The SMILES string of the molecule is CCCCCC(=O)C1CCc2ccccc2S1. The smallest absolute Gasteiger partial charge is 0.146 e. The summed E-state index contributed by atoms with van der Waals surface area (Å²) >= 11 is 1.77. The molecule has 1 unspecified atom stereocenters. The number of carbonyl (C=O) groups excluding carboxylic acids is 1. The lowest BCUT2D eigenvalue weighted by atomic mass is 10.0. The zero-order valence-electron chi connectivity index (χ0n) is 10.4. The molecule has 0 radical (unpaired) electrons. The number of Topliss-reactive ketones (excluding diaryl/α,β-unsaturated/α-hetero) is 1. The molecule has 0 fully saturated rings. The molecule has 2 rings (SSSR count). The van der Waals surface area contributed by atoms with Gasteiger partial charge in [-0.25, -0.2) is 0 Å². The van der Waals surface area contributed by atoms with Crippen LogP contribution >= 0.6 is 11.8 Å². The Morgan fingerprint density at radius 1 is 1.35 bits per heavy atom. The van der Waals surface area contributed by atoms with Crippen LogP contribution in [-0.4, -0.2) is 11.0 Å². The molecule has 1 atom stereocenters. The Hall–Kier alpha value is -0.760. The number of fused-ring (bicyclic) bond motifs is 1. The zero-order chi connectivity index (χ0) is 12.1. The maximum absolute atomic E-state index is 12.1. The van der Waals surface area contributed by atoms with E-state index in [0.717, 1.165) is 25.7 Å². The summed E-state index contributed by atoms with van der Waals surface area (Å²) in [6, 6.07) is 8.48. The summed E-state index contributed by atoms with van der Waals surface area (Å²) in [5, 5.41) is 0.210. The van der Waals surface area contributed by atoms with Crippen LogP contribution in [0.1, 0.15) is 44.6 Å². The van der Waals surface area contributed by atoms with Crippen LogP contribution in [0.15, 0.2) is 29.2 Å². The molecule has 0 N–H and O–H groups in total. The third kappa shape index (κ3) is 3.35. The van der Waals surface area contributed by atoms with E-state index in [-0.39, 0.29) is 5.25 Å². The van der Waals surface area contributed by atoms with Gasteiger partial charge in [-0.05, 0) is 30.9 Å². The second-order valence-corrected chi connectivity index (χ2v) is 5.92. The Kier molecular flexibility index (Phi) is 4.66. The molecule has 0 amide bonds. The van der Waals surface area contributed by atoms with Crippen LogP contribution in [-0.2, 0) is 11.2 Å². The number of benzene rings is 1. The molecule has 1 aliphatic rings. The lowest BCUT2D eigenvalue weighted by molar-refractivity contribution is -0.118. The largest absolute Gasteiger partial charge is 0.298 e. The van der Waals surface area contributed by atoms with Crippen molar-refractivity contribution in [3.63, 3.8) is 0 Å². The molecule has 2 heteroatoms. The van der Waals surface area contributed by atoms with E-state index in [0.29, 0.717) is 5.78 Å². The molecule has 0 aromatic heterocycles. The summed E-state index contributed by atoms with van der Waals surface area (Å²) in [5.74, 6) is 0.456. The minimum Gasteiger partial charge on any atom is -0.298 e. The van der Waals surface area contributed by atoms with E-state index < -0.39 is 0 Å². The fourth-order valence-corrected chi connectivity index (χ4v) is 3.53. The van der Waals surface area contributed by atoms with Crippen LogP contribution in [0.3, 0.4) is 0 Å². The molecule has 1 aliphatic heterocycles. The van der Waals surface area contributed by atoms with Gasteiger partial charge in [-0.3, -0.25) is 4.79 Å². The summed E-state index contributed by atoms with van der Waals surface area (Å²) in [6.07, 6.45) is 6.29. The highest BCUT2D eigenvalue weighted by molar-refractivity contribution is 8.00. The van der Waals surface area contributed by atoms with Gasteiger partial charge in [0.05, 0.1) is 5.25 Å². The Morgan fingerprint density at radius 3 is 3.00 bits per heavy atom. The number of carbonyl (C=O) groups is 1. The Morgan fingerprint density at radius 2 is 2.18 bits per heavy atom. The zero-order valence-corrected chi connectivity index (χ0v) is 11.3. The molecule has 1 nitrogen and oxygen atoms in total. The molecule has 92 valence electrons. The highest BCUT2D eigenvalue weighted by atomic mass is 32.2. The quantitative estimate of drug-likeness (QED) is 0.725. The van der Waals surface area contributed by atoms with Gasteiger partial charge in [0, 0.05) is 11.3 Å². The first kappa shape index (κ1) is 12.7. The summed E-state index contributed by atoms with van der Waals surface area (Å²) in [4.78, 5) is 13.4. The second-order valence-electron chi connectivity index (χ2n) is 4.68. The van der Waals surface area contributed by atoms with E-state index in [9.17, 15) is 4.79 Å². The van der Waals surface area contributed by atoms with E-state index in [1.54, 1.807) is 11.8 Å². The van der Waals surface area contributed by atoms with Gasteiger partial charge >= 0.3 is 0 Å². The molecule has 0 bridgehead atoms. The van der Waals surface area contributed by atoms with Crippen molar-refractivity contribution in [2.45, 2.75) is 55.6 Å². The summed E-state index contributed by atoms with van der Waals surface area (Å²) in [5.41, 5.74) is 1.41. The molecular weight excluding hydrogens is 228 g/mol. The van der Waals surface area contributed by atoms with Crippen LogP contribution in [0.4, 0.5) is 0 Å². The standard InChI is InChI=1S/C15H20OS/c1-2-3-4-8-13(16)15-11-10-12-7-5-6-9-14(12)17-15/h5-7,9,15H,2-4,8,10-11H2,1H3. The Bertz CT molecular complexity index is 386. The van der Waals surface area contributed by atoms with Crippen LogP contribution < -0.4 is 0 Å². The summed E-state index contributed by atoms with van der Waals surface area (Å²) in [6.45, 7) is 2.18. The van der Waals surface area contributed by atoms with Crippen molar-refractivity contribution in [1.82, 2.24) is 0 Å². The third-order valence-corrected chi connectivity index (χ3v) is 4.74. The van der Waals surface area contributed by atoms with E-state index in [4.69, 9.17) is 0 Å². The van der Waals surface area contributed by atoms with E-state index in [2.05, 4.69) is 31.2 Å².